The van der Waals surface area contributed by atoms with Crippen LogP contribution in [-0.4, -0.2) is 49.5 Å². The van der Waals surface area contributed by atoms with E-state index in [2.05, 4.69) is 20.6 Å². The van der Waals surface area contributed by atoms with Crippen molar-refractivity contribution in [2.24, 2.45) is 0 Å². The van der Waals surface area contributed by atoms with E-state index in [4.69, 9.17) is 9.47 Å². The first kappa shape index (κ1) is 12.1. The Bertz CT molecular complexity index is 366. The van der Waals surface area contributed by atoms with E-state index in [1.54, 1.807) is 7.05 Å². The zero-order chi connectivity index (χ0) is 12.1. The molecule has 0 saturated carbocycles. The largest absolute Gasteiger partial charge is 0.376 e. The van der Waals surface area contributed by atoms with Gasteiger partial charge in [-0.15, -0.1) is 0 Å². The number of aromatic nitrogens is 2. The Labute approximate surface area is 101 Å². The van der Waals surface area contributed by atoms with Crippen molar-refractivity contribution in [1.82, 2.24) is 9.97 Å². The highest BCUT2D eigenvalue weighted by Crippen LogP contribution is 2.10. The Morgan fingerprint density at radius 1 is 1.41 bits per heavy atom. The number of hydrogen-bond donors (Lipinski definition) is 2. The van der Waals surface area contributed by atoms with Crippen LogP contribution >= 0.6 is 0 Å². The first-order chi connectivity index (χ1) is 8.28. The van der Waals surface area contributed by atoms with Gasteiger partial charge in [-0.2, -0.15) is 4.98 Å². The maximum absolute atomic E-state index is 5.54. The Kier molecular flexibility index (Phi) is 4.11. The summed E-state index contributed by atoms with van der Waals surface area (Å²) in [7, 11) is 1.80. The molecule has 0 spiro atoms. The monoisotopic (exact) mass is 238 g/mol. The number of aryl methyl sites for hydroxylation is 1. The third-order valence-corrected chi connectivity index (χ3v) is 2.47. The molecule has 1 unspecified atom stereocenters. The first-order valence-corrected chi connectivity index (χ1v) is 5.74. The third-order valence-electron chi connectivity index (χ3n) is 2.47. The summed E-state index contributed by atoms with van der Waals surface area (Å²) in [4.78, 5) is 8.54. The molecule has 0 amide bonds. The minimum atomic E-state index is 0.0945. The average Bonchev–Trinajstić information content (AvgIpc) is 2.37. The predicted molar refractivity (Wildman–Crippen MR) is 65.4 cm³/mol. The van der Waals surface area contributed by atoms with Crippen LogP contribution in [0, 0.1) is 6.92 Å². The van der Waals surface area contributed by atoms with Crippen LogP contribution in [0.4, 0.5) is 11.8 Å². The van der Waals surface area contributed by atoms with Gasteiger partial charge < -0.3 is 20.1 Å². The summed E-state index contributed by atoms with van der Waals surface area (Å²) >= 11 is 0. The molecule has 2 N–H and O–H groups in total. The van der Waals surface area contributed by atoms with Crippen molar-refractivity contribution in [2.75, 3.05) is 44.0 Å². The molecule has 1 atom stereocenters. The van der Waals surface area contributed by atoms with Crippen LogP contribution in [0.1, 0.15) is 5.69 Å². The van der Waals surface area contributed by atoms with E-state index in [0.717, 1.165) is 11.5 Å². The zero-order valence-corrected chi connectivity index (χ0v) is 10.2. The van der Waals surface area contributed by atoms with Crippen molar-refractivity contribution in [3.05, 3.63) is 11.8 Å². The third kappa shape index (κ3) is 3.54. The molecule has 2 heterocycles. The lowest BCUT2D eigenvalue weighted by Gasteiger charge is -2.23. The highest BCUT2D eigenvalue weighted by molar-refractivity contribution is 5.41. The number of hydrogen-bond acceptors (Lipinski definition) is 6. The standard InChI is InChI=1S/C11H18N4O2/c1-8-5-10(15-11(12-2)14-8)13-6-9-7-16-3-4-17-9/h5,9H,3-4,6-7H2,1-2H3,(H2,12,13,14,15). The Morgan fingerprint density at radius 3 is 3.00 bits per heavy atom. The van der Waals surface area contributed by atoms with Crippen molar-refractivity contribution >= 4 is 11.8 Å². The van der Waals surface area contributed by atoms with E-state index in [0.29, 0.717) is 32.3 Å². The first-order valence-electron chi connectivity index (χ1n) is 5.74. The van der Waals surface area contributed by atoms with Gasteiger partial charge in [0.05, 0.1) is 25.9 Å². The summed E-state index contributed by atoms with van der Waals surface area (Å²) in [6, 6.07) is 1.91. The molecule has 6 nitrogen and oxygen atoms in total. The molecule has 1 aromatic heterocycles. The molecule has 0 aliphatic carbocycles. The van der Waals surface area contributed by atoms with E-state index >= 15 is 0 Å². The normalized spacial score (nSPS) is 20.0. The zero-order valence-electron chi connectivity index (χ0n) is 10.2. The van der Waals surface area contributed by atoms with Crippen molar-refractivity contribution in [3.63, 3.8) is 0 Å². The molecule has 17 heavy (non-hydrogen) atoms. The lowest BCUT2D eigenvalue weighted by atomic mass is 10.3. The lowest BCUT2D eigenvalue weighted by Crippen LogP contribution is -2.34. The molecule has 6 heteroatoms. The van der Waals surface area contributed by atoms with Gasteiger partial charge in [0.25, 0.3) is 0 Å². The second-order valence-electron chi connectivity index (χ2n) is 3.92. The fourth-order valence-electron chi connectivity index (χ4n) is 1.64. The smallest absolute Gasteiger partial charge is 0.224 e. The summed E-state index contributed by atoms with van der Waals surface area (Å²) in [5.74, 6) is 1.42. The Balaban J connectivity index is 1.91. The van der Waals surface area contributed by atoms with Gasteiger partial charge in [-0.3, -0.25) is 0 Å². The van der Waals surface area contributed by atoms with E-state index in [1.807, 2.05) is 13.0 Å². The van der Waals surface area contributed by atoms with E-state index < -0.39 is 0 Å². The van der Waals surface area contributed by atoms with Gasteiger partial charge in [0.2, 0.25) is 5.95 Å². The molecule has 1 fully saturated rings. The number of anilines is 2. The molecular formula is C11H18N4O2. The Hall–Kier alpha value is -1.40. The molecule has 1 aromatic rings. The SMILES string of the molecule is CNc1nc(C)cc(NCC2COCCO2)n1. The van der Waals surface area contributed by atoms with Crippen LogP contribution in [0.25, 0.3) is 0 Å². The predicted octanol–water partition coefficient (Wildman–Crippen LogP) is 0.654. The summed E-state index contributed by atoms with van der Waals surface area (Å²) < 4.78 is 10.9. The van der Waals surface area contributed by atoms with Crippen molar-refractivity contribution in [1.29, 1.82) is 0 Å². The van der Waals surface area contributed by atoms with Gasteiger partial charge in [0.15, 0.2) is 0 Å². The van der Waals surface area contributed by atoms with Crippen LogP contribution in [0.5, 0.6) is 0 Å². The maximum Gasteiger partial charge on any atom is 0.224 e. The summed E-state index contributed by atoms with van der Waals surface area (Å²) in [5.41, 5.74) is 0.924. The topological polar surface area (TPSA) is 68.3 Å². The van der Waals surface area contributed by atoms with Crippen LogP contribution < -0.4 is 10.6 Å². The fraction of sp³-hybridized carbons (Fsp3) is 0.636. The second-order valence-corrected chi connectivity index (χ2v) is 3.92. The summed E-state index contributed by atoms with van der Waals surface area (Å²) in [6.07, 6.45) is 0.0945. The van der Waals surface area contributed by atoms with Gasteiger partial charge in [0, 0.05) is 25.4 Å². The van der Waals surface area contributed by atoms with Crippen LogP contribution in [0.15, 0.2) is 6.07 Å². The lowest BCUT2D eigenvalue weighted by molar-refractivity contribution is -0.0819. The van der Waals surface area contributed by atoms with Crippen LogP contribution in [0.2, 0.25) is 0 Å². The average molecular weight is 238 g/mol. The van der Waals surface area contributed by atoms with Gasteiger partial charge >= 0.3 is 0 Å². The molecular weight excluding hydrogens is 220 g/mol. The molecule has 0 aromatic carbocycles. The quantitative estimate of drug-likeness (QED) is 0.803. The molecule has 0 bridgehead atoms. The minimum Gasteiger partial charge on any atom is -0.376 e. The number of nitrogens with zero attached hydrogens (tertiary/aromatic N) is 2. The van der Waals surface area contributed by atoms with Crippen molar-refractivity contribution in [2.45, 2.75) is 13.0 Å². The molecule has 1 aliphatic heterocycles. The van der Waals surface area contributed by atoms with Crippen molar-refractivity contribution < 1.29 is 9.47 Å². The van der Waals surface area contributed by atoms with Gasteiger partial charge in [-0.25, -0.2) is 4.98 Å². The van der Waals surface area contributed by atoms with E-state index in [1.165, 1.54) is 0 Å². The van der Waals surface area contributed by atoms with Crippen molar-refractivity contribution in [3.8, 4) is 0 Å². The maximum atomic E-state index is 5.54. The highest BCUT2D eigenvalue weighted by Gasteiger charge is 2.14. The van der Waals surface area contributed by atoms with E-state index in [-0.39, 0.29) is 6.10 Å². The van der Waals surface area contributed by atoms with Gasteiger partial charge in [-0.05, 0) is 6.92 Å². The minimum absolute atomic E-state index is 0.0945. The van der Waals surface area contributed by atoms with E-state index in [9.17, 15) is 0 Å². The van der Waals surface area contributed by atoms with Crippen LogP contribution in [0.3, 0.4) is 0 Å². The molecule has 1 saturated heterocycles. The molecule has 2 rings (SSSR count). The molecule has 1 aliphatic rings. The number of rotatable bonds is 4. The van der Waals surface area contributed by atoms with Gasteiger partial charge in [0.1, 0.15) is 5.82 Å². The summed E-state index contributed by atoms with van der Waals surface area (Å²) in [5, 5.41) is 6.16. The highest BCUT2D eigenvalue weighted by atomic mass is 16.6. The second kappa shape index (κ2) is 5.79. The molecule has 94 valence electrons. The fourth-order valence-corrected chi connectivity index (χ4v) is 1.64. The van der Waals surface area contributed by atoms with Gasteiger partial charge in [-0.1, -0.05) is 0 Å². The number of nitrogens with one attached hydrogen (secondary N) is 2. The van der Waals surface area contributed by atoms with Crippen LogP contribution in [-0.2, 0) is 9.47 Å². The number of ether oxygens (including phenoxy) is 2. The Morgan fingerprint density at radius 2 is 2.29 bits per heavy atom. The molecule has 0 radical (unpaired) electrons. The summed E-state index contributed by atoms with van der Waals surface area (Å²) in [6.45, 7) is 4.62.